The average molecular weight is 449 g/mol. The SMILES string of the molecule is CC(C)(C)OC(=O)N1CC=C(c2cc3c(ccn3Cc3ccc(C(=O)NO)cc3)cn2)CC1. The van der Waals surface area contributed by atoms with Crippen LogP contribution in [0.3, 0.4) is 0 Å². The second-order valence-electron chi connectivity index (χ2n) is 9.12. The van der Waals surface area contributed by atoms with Crippen LogP contribution < -0.4 is 5.48 Å². The zero-order valence-corrected chi connectivity index (χ0v) is 19.0. The van der Waals surface area contributed by atoms with Gasteiger partial charge in [-0.3, -0.25) is 15.0 Å². The molecule has 4 rings (SSSR count). The third-order valence-electron chi connectivity index (χ3n) is 5.52. The van der Waals surface area contributed by atoms with Crippen LogP contribution in [0.25, 0.3) is 16.5 Å². The minimum atomic E-state index is -0.533. The maximum Gasteiger partial charge on any atom is 0.410 e. The molecule has 0 saturated carbocycles. The highest BCUT2D eigenvalue weighted by atomic mass is 16.6. The lowest BCUT2D eigenvalue weighted by molar-refractivity contribution is 0.0270. The van der Waals surface area contributed by atoms with E-state index in [2.05, 4.69) is 15.6 Å². The van der Waals surface area contributed by atoms with Gasteiger partial charge in [-0.25, -0.2) is 10.3 Å². The van der Waals surface area contributed by atoms with Gasteiger partial charge in [0.2, 0.25) is 0 Å². The number of ether oxygens (including phenoxy) is 1. The molecule has 0 unspecified atom stereocenters. The van der Waals surface area contributed by atoms with Crippen molar-refractivity contribution >= 4 is 28.5 Å². The van der Waals surface area contributed by atoms with Crippen molar-refractivity contribution in [2.45, 2.75) is 39.3 Å². The lowest BCUT2D eigenvalue weighted by Crippen LogP contribution is -2.39. The summed E-state index contributed by atoms with van der Waals surface area (Å²) in [5.74, 6) is -0.533. The van der Waals surface area contributed by atoms with Gasteiger partial charge in [0.1, 0.15) is 5.60 Å². The Morgan fingerprint density at radius 3 is 2.58 bits per heavy atom. The summed E-state index contributed by atoms with van der Waals surface area (Å²) in [5.41, 5.74) is 5.64. The van der Waals surface area contributed by atoms with Crippen LogP contribution in [0.5, 0.6) is 0 Å². The van der Waals surface area contributed by atoms with Gasteiger partial charge < -0.3 is 14.2 Å². The molecular formula is C25H28N4O4. The maximum atomic E-state index is 12.3. The van der Waals surface area contributed by atoms with Crippen molar-refractivity contribution in [2.75, 3.05) is 13.1 Å². The Hall–Kier alpha value is -3.65. The maximum absolute atomic E-state index is 12.3. The molecule has 3 aromatic rings. The zero-order valence-electron chi connectivity index (χ0n) is 19.0. The molecule has 0 aliphatic carbocycles. The van der Waals surface area contributed by atoms with Crippen LogP contribution in [0.4, 0.5) is 4.79 Å². The minimum Gasteiger partial charge on any atom is -0.444 e. The third-order valence-corrected chi connectivity index (χ3v) is 5.52. The fourth-order valence-electron chi connectivity index (χ4n) is 3.81. The number of rotatable bonds is 4. The largest absolute Gasteiger partial charge is 0.444 e. The van der Waals surface area contributed by atoms with E-state index in [4.69, 9.17) is 9.94 Å². The molecule has 1 aromatic carbocycles. The summed E-state index contributed by atoms with van der Waals surface area (Å²) >= 11 is 0. The molecular weight excluding hydrogens is 420 g/mol. The Labute approximate surface area is 192 Å². The Morgan fingerprint density at radius 1 is 1.18 bits per heavy atom. The molecule has 3 heterocycles. The van der Waals surface area contributed by atoms with Gasteiger partial charge in [0.15, 0.2) is 0 Å². The molecule has 1 aliphatic heterocycles. The summed E-state index contributed by atoms with van der Waals surface area (Å²) in [6.07, 6.45) is 6.35. The van der Waals surface area contributed by atoms with Gasteiger partial charge in [0.25, 0.3) is 5.91 Å². The summed E-state index contributed by atoms with van der Waals surface area (Å²) in [6.45, 7) is 7.33. The van der Waals surface area contributed by atoms with E-state index in [9.17, 15) is 9.59 Å². The molecule has 0 saturated heterocycles. The highest BCUT2D eigenvalue weighted by Gasteiger charge is 2.24. The molecule has 8 heteroatoms. The van der Waals surface area contributed by atoms with Crippen LogP contribution in [0.15, 0.2) is 54.9 Å². The second kappa shape index (κ2) is 9.07. The number of pyridine rings is 1. The fraction of sp³-hybridized carbons (Fsp3) is 0.320. The van der Waals surface area contributed by atoms with Gasteiger partial charge in [-0.15, -0.1) is 0 Å². The Balaban J connectivity index is 1.50. The number of amides is 2. The molecule has 0 fully saturated rings. The zero-order chi connectivity index (χ0) is 23.6. The number of nitrogens with one attached hydrogen (secondary N) is 1. The Bertz CT molecular complexity index is 1210. The van der Waals surface area contributed by atoms with Crippen molar-refractivity contribution in [2.24, 2.45) is 0 Å². The third kappa shape index (κ3) is 5.23. The quantitative estimate of drug-likeness (QED) is 0.460. The first-order chi connectivity index (χ1) is 15.7. The van der Waals surface area contributed by atoms with Crippen LogP contribution in [-0.4, -0.2) is 50.3 Å². The average Bonchev–Trinajstić information content (AvgIpc) is 3.20. The lowest BCUT2D eigenvalue weighted by Gasteiger charge is -2.29. The van der Waals surface area contributed by atoms with Crippen molar-refractivity contribution in [3.8, 4) is 0 Å². The molecule has 8 nitrogen and oxygen atoms in total. The molecule has 0 spiro atoms. The van der Waals surface area contributed by atoms with Crippen LogP contribution in [0, 0.1) is 0 Å². The van der Waals surface area contributed by atoms with Crippen molar-refractivity contribution in [3.05, 3.63) is 71.7 Å². The van der Waals surface area contributed by atoms with E-state index in [0.717, 1.165) is 27.7 Å². The number of hydroxylamine groups is 1. The van der Waals surface area contributed by atoms with Crippen LogP contribution in [-0.2, 0) is 11.3 Å². The summed E-state index contributed by atoms with van der Waals surface area (Å²) in [6, 6.07) is 11.2. The Kier molecular flexibility index (Phi) is 6.20. The summed E-state index contributed by atoms with van der Waals surface area (Å²) < 4.78 is 7.61. The molecule has 2 aromatic heterocycles. The van der Waals surface area contributed by atoms with Crippen LogP contribution in [0.1, 0.15) is 48.8 Å². The number of fused-ring (bicyclic) bond motifs is 1. The Morgan fingerprint density at radius 2 is 1.94 bits per heavy atom. The fourth-order valence-corrected chi connectivity index (χ4v) is 3.81. The molecule has 0 atom stereocenters. The highest BCUT2D eigenvalue weighted by Crippen LogP contribution is 2.26. The molecule has 172 valence electrons. The lowest BCUT2D eigenvalue weighted by atomic mass is 10.0. The predicted octanol–water partition coefficient (Wildman–Crippen LogP) is 4.23. The van der Waals surface area contributed by atoms with Crippen LogP contribution >= 0.6 is 0 Å². The van der Waals surface area contributed by atoms with Gasteiger partial charge in [0, 0.05) is 43.0 Å². The van der Waals surface area contributed by atoms with Gasteiger partial charge in [-0.05, 0) is 62.6 Å². The van der Waals surface area contributed by atoms with Gasteiger partial charge >= 0.3 is 6.09 Å². The first-order valence-electron chi connectivity index (χ1n) is 10.9. The number of carbonyl (C=O) groups is 2. The summed E-state index contributed by atoms with van der Waals surface area (Å²) in [7, 11) is 0. The number of hydrogen-bond donors (Lipinski definition) is 2. The second-order valence-corrected chi connectivity index (χ2v) is 9.12. The minimum absolute atomic E-state index is 0.294. The van der Waals surface area contributed by atoms with E-state index in [1.165, 1.54) is 0 Å². The number of carbonyl (C=O) groups excluding carboxylic acids is 2. The topological polar surface area (TPSA) is 96.7 Å². The molecule has 1 aliphatic rings. The van der Waals surface area contributed by atoms with E-state index in [1.807, 2.05) is 57.4 Å². The molecule has 2 amide bonds. The monoisotopic (exact) mass is 448 g/mol. The van der Waals surface area contributed by atoms with Crippen molar-refractivity contribution < 1.29 is 19.5 Å². The summed E-state index contributed by atoms with van der Waals surface area (Å²) in [5, 5.41) is 9.81. The molecule has 0 bridgehead atoms. The molecule has 2 N–H and O–H groups in total. The molecule has 0 radical (unpaired) electrons. The van der Waals surface area contributed by atoms with E-state index in [1.54, 1.807) is 22.5 Å². The number of aromatic nitrogens is 2. The highest BCUT2D eigenvalue weighted by molar-refractivity contribution is 5.93. The van der Waals surface area contributed by atoms with E-state index >= 15 is 0 Å². The standard InChI is InChI=1S/C25H28N4O4/c1-25(2,3)33-24(31)28-11-8-18(9-12-28)21-14-22-20(15-26-21)10-13-29(22)16-17-4-6-19(7-5-17)23(30)27-32/h4-8,10,13-15,32H,9,11-12,16H2,1-3H3,(H,27,30). The normalized spacial score (nSPS) is 14.2. The first-order valence-corrected chi connectivity index (χ1v) is 10.9. The smallest absolute Gasteiger partial charge is 0.410 e. The predicted molar refractivity (Wildman–Crippen MR) is 125 cm³/mol. The number of nitrogens with zero attached hydrogens (tertiary/aromatic N) is 3. The molecule has 33 heavy (non-hydrogen) atoms. The first kappa shape index (κ1) is 22.5. The van der Waals surface area contributed by atoms with Gasteiger partial charge in [-0.2, -0.15) is 0 Å². The van der Waals surface area contributed by atoms with Gasteiger partial charge in [0.05, 0.1) is 11.2 Å². The van der Waals surface area contributed by atoms with E-state index in [-0.39, 0.29) is 6.09 Å². The van der Waals surface area contributed by atoms with Crippen molar-refractivity contribution in [1.29, 1.82) is 0 Å². The van der Waals surface area contributed by atoms with Crippen molar-refractivity contribution in [3.63, 3.8) is 0 Å². The number of hydrogen-bond acceptors (Lipinski definition) is 5. The van der Waals surface area contributed by atoms with E-state index in [0.29, 0.717) is 31.6 Å². The summed E-state index contributed by atoms with van der Waals surface area (Å²) in [4.78, 5) is 30.2. The van der Waals surface area contributed by atoms with Gasteiger partial charge in [-0.1, -0.05) is 18.2 Å². The van der Waals surface area contributed by atoms with E-state index < -0.39 is 11.5 Å². The van der Waals surface area contributed by atoms with Crippen LogP contribution in [0.2, 0.25) is 0 Å². The van der Waals surface area contributed by atoms with Crippen molar-refractivity contribution in [1.82, 2.24) is 19.9 Å². The number of benzene rings is 1.